The minimum atomic E-state index is -1.12. The maximum absolute atomic E-state index is 15.3. The average molecular weight is 421 g/mol. The molecular formula is C24H37FN2O3. The second-order valence-corrected chi connectivity index (χ2v) is 11.3. The fraction of sp³-hybridized carbons (Fsp3) is 0.917. The van der Waals surface area contributed by atoms with Gasteiger partial charge in [0.2, 0.25) is 0 Å². The largest absolute Gasteiger partial charge is 0.393 e. The Morgan fingerprint density at radius 2 is 1.80 bits per heavy atom. The summed E-state index contributed by atoms with van der Waals surface area (Å²) in [6, 6.07) is 0. The molecule has 0 bridgehead atoms. The summed E-state index contributed by atoms with van der Waals surface area (Å²) in [6.45, 7) is 6.20. The van der Waals surface area contributed by atoms with Crippen LogP contribution < -0.4 is 5.32 Å². The number of rotatable bonds is 2. The van der Waals surface area contributed by atoms with E-state index < -0.39 is 6.17 Å². The van der Waals surface area contributed by atoms with Gasteiger partial charge in [0.1, 0.15) is 18.1 Å². The number of Topliss-reactive ketones (excluding diaryl/α,β-unsaturated/α-hetero) is 1. The minimum absolute atomic E-state index is 0.0514. The molecule has 1 heterocycles. The van der Waals surface area contributed by atoms with Crippen molar-refractivity contribution in [1.82, 2.24) is 5.32 Å². The zero-order valence-electron chi connectivity index (χ0n) is 18.4. The van der Waals surface area contributed by atoms with Crippen LogP contribution in [-0.2, 0) is 9.63 Å². The average Bonchev–Trinajstić information content (AvgIpc) is 3.02. The molecule has 6 heteroatoms. The van der Waals surface area contributed by atoms with Crippen molar-refractivity contribution in [1.29, 1.82) is 0 Å². The third-order valence-electron chi connectivity index (χ3n) is 9.85. The molecule has 5 fully saturated rings. The van der Waals surface area contributed by atoms with Crippen LogP contribution in [0.4, 0.5) is 4.39 Å². The van der Waals surface area contributed by atoms with Crippen molar-refractivity contribution in [3.05, 3.63) is 0 Å². The number of ketones is 1. The number of carbonyl (C=O) groups excluding carboxylic acids is 1. The Morgan fingerprint density at radius 3 is 2.57 bits per heavy atom. The van der Waals surface area contributed by atoms with Gasteiger partial charge in [-0.1, -0.05) is 19.0 Å². The second-order valence-electron chi connectivity index (χ2n) is 11.3. The number of carbonyl (C=O) groups is 1. The molecule has 0 amide bonds. The summed E-state index contributed by atoms with van der Waals surface area (Å²) in [5.74, 6) is 1.20. The number of fused-ring (bicyclic) bond motifs is 5. The first-order valence-corrected chi connectivity index (χ1v) is 12.1. The van der Waals surface area contributed by atoms with Gasteiger partial charge in [-0.2, -0.15) is 0 Å². The first-order chi connectivity index (χ1) is 14.3. The van der Waals surface area contributed by atoms with Crippen LogP contribution >= 0.6 is 0 Å². The Balaban J connectivity index is 1.35. The van der Waals surface area contributed by atoms with Crippen LogP contribution in [-0.4, -0.2) is 48.1 Å². The van der Waals surface area contributed by atoms with Crippen molar-refractivity contribution in [2.24, 2.45) is 39.7 Å². The Labute approximate surface area is 179 Å². The molecule has 1 aliphatic heterocycles. The van der Waals surface area contributed by atoms with E-state index in [4.69, 9.17) is 4.84 Å². The van der Waals surface area contributed by atoms with Gasteiger partial charge in [0, 0.05) is 18.8 Å². The van der Waals surface area contributed by atoms with Crippen LogP contribution in [0.3, 0.4) is 0 Å². The number of piperidine rings is 1. The quantitative estimate of drug-likeness (QED) is 0.669. The zero-order chi connectivity index (χ0) is 21.1. The smallest absolute Gasteiger partial charge is 0.142 e. The molecular weight excluding hydrogens is 383 g/mol. The molecule has 0 spiro atoms. The highest BCUT2D eigenvalue weighted by Gasteiger charge is 2.63. The van der Waals surface area contributed by atoms with Crippen LogP contribution in [0.5, 0.6) is 0 Å². The van der Waals surface area contributed by atoms with E-state index in [0.717, 1.165) is 51.6 Å². The van der Waals surface area contributed by atoms with Crippen LogP contribution in [0.15, 0.2) is 5.16 Å². The third kappa shape index (κ3) is 3.16. The first kappa shape index (κ1) is 20.9. The molecule has 4 saturated carbocycles. The maximum atomic E-state index is 15.3. The van der Waals surface area contributed by atoms with Crippen molar-refractivity contribution < 1.29 is 19.1 Å². The maximum Gasteiger partial charge on any atom is 0.142 e. The van der Waals surface area contributed by atoms with Crippen LogP contribution in [0.1, 0.15) is 71.6 Å². The molecule has 0 radical (unpaired) electrons. The lowest BCUT2D eigenvalue weighted by Crippen LogP contribution is -2.58. The molecule has 4 aliphatic carbocycles. The molecule has 30 heavy (non-hydrogen) atoms. The van der Waals surface area contributed by atoms with Gasteiger partial charge in [-0.25, -0.2) is 4.39 Å². The van der Waals surface area contributed by atoms with Gasteiger partial charge < -0.3 is 15.3 Å². The number of nitrogens with zero attached hydrogens (tertiary/aromatic N) is 1. The molecule has 0 aromatic carbocycles. The number of aliphatic hydroxyl groups excluding tert-OH is 1. The predicted molar refractivity (Wildman–Crippen MR) is 113 cm³/mol. The van der Waals surface area contributed by atoms with Crippen molar-refractivity contribution in [3.63, 3.8) is 0 Å². The van der Waals surface area contributed by atoms with Gasteiger partial charge in [0.05, 0.1) is 11.8 Å². The van der Waals surface area contributed by atoms with Gasteiger partial charge >= 0.3 is 0 Å². The molecule has 1 saturated heterocycles. The number of hydrogen-bond donors (Lipinski definition) is 2. The number of hydrogen-bond acceptors (Lipinski definition) is 5. The van der Waals surface area contributed by atoms with E-state index in [0.29, 0.717) is 42.7 Å². The zero-order valence-corrected chi connectivity index (χ0v) is 18.4. The number of alkyl halides is 1. The summed E-state index contributed by atoms with van der Waals surface area (Å²) in [6.07, 6.45) is 5.68. The Bertz CT molecular complexity index is 723. The molecule has 0 aromatic heterocycles. The Morgan fingerprint density at radius 1 is 1.07 bits per heavy atom. The number of aliphatic hydroxyl groups is 1. The lowest BCUT2D eigenvalue weighted by molar-refractivity contribution is -0.154. The van der Waals surface area contributed by atoms with Crippen molar-refractivity contribution in [2.75, 3.05) is 13.1 Å². The Kier molecular flexibility index (Phi) is 5.25. The molecule has 5 nitrogen and oxygen atoms in total. The van der Waals surface area contributed by atoms with Gasteiger partial charge in [-0.3, -0.25) is 4.79 Å². The van der Waals surface area contributed by atoms with Crippen LogP contribution in [0.25, 0.3) is 0 Å². The van der Waals surface area contributed by atoms with Gasteiger partial charge in [0.25, 0.3) is 0 Å². The lowest BCUT2D eigenvalue weighted by atomic mass is 9.44. The van der Waals surface area contributed by atoms with Gasteiger partial charge in [0.15, 0.2) is 0 Å². The molecule has 0 aromatic rings. The summed E-state index contributed by atoms with van der Waals surface area (Å²) in [5.41, 5.74) is 0.0750. The molecule has 2 N–H and O–H groups in total. The third-order valence-corrected chi connectivity index (χ3v) is 9.85. The fourth-order valence-electron chi connectivity index (χ4n) is 7.98. The molecule has 168 valence electrons. The highest BCUT2D eigenvalue weighted by molar-refractivity contribution is 5.95. The topological polar surface area (TPSA) is 70.9 Å². The standard InChI is InChI=1S/C24H37FN2O3/c1-23-8-5-17-15(16(23)3-4-22(23)29)11-21(28)18-12-20(19(25)13-24(17,18)2)27-30-14-6-9-26-10-7-14/h14-19,22,26,29H,3-13H2,1-2H3/b27-20+/t15-,16-,17-,18?,19+,22-,23-,24+/m0/s1. The lowest BCUT2D eigenvalue weighted by Gasteiger charge is -2.59. The number of oxime groups is 1. The predicted octanol–water partition coefficient (Wildman–Crippen LogP) is 3.64. The molecule has 5 rings (SSSR count). The highest BCUT2D eigenvalue weighted by Crippen LogP contribution is 2.65. The summed E-state index contributed by atoms with van der Waals surface area (Å²) >= 11 is 0. The monoisotopic (exact) mass is 420 g/mol. The van der Waals surface area contributed by atoms with Crippen LogP contribution in [0, 0.1) is 34.5 Å². The van der Waals surface area contributed by atoms with E-state index >= 15 is 4.39 Å². The van der Waals surface area contributed by atoms with E-state index in [2.05, 4.69) is 24.3 Å². The molecule has 1 unspecified atom stereocenters. The molecule has 5 aliphatic rings. The van der Waals surface area contributed by atoms with Crippen LogP contribution in [0.2, 0.25) is 0 Å². The SMILES string of the molecule is C[C@]12CC[C@H]3[C@@H](CC(=O)C4C/C(=N\OC5CCNCC5)[C@H](F)C[C@@]43C)[C@@H]1CC[C@@H]2O. The molecule has 8 atom stereocenters. The second kappa shape index (κ2) is 7.54. The van der Waals surface area contributed by atoms with Gasteiger partial charge in [-0.15, -0.1) is 0 Å². The van der Waals surface area contributed by atoms with E-state index in [1.165, 1.54) is 0 Å². The summed E-state index contributed by atoms with van der Waals surface area (Å²) in [4.78, 5) is 19.0. The van der Waals surface area contributed by atoms with Gasteiger partial charge in [-0.05, 0) is 86.6 Å². The normalized spacial score (nSPS) is 50.7. The first-order valence-electron chi connectivity index (χ1n) is 12.1. The van der Waals surface area contributed by atoms with E-state index in [1.807, 2.05) is 0 Å². The summed E-state index contributed by atoms with van der Waals surface area (Å²) in [7, 11) is 0. The van der Waals surface area contributed by atoms with Crippen molar-refractivity contribution in [3.8, 4) is 0 Å². The highest BCUT2D eigenvalue weighted by atomic mass is 19.1. The summed E-state index contributed by atoms with van der Waals surface area (Å²) < 4.78 is 15.3. The summed E-state index contributed by atoms with van der Waals surface area (Å²) in [5, 5.41) is 18.1. The van der Waals surface area contributed by atoms with Crippen molar-refractivity contribution in [2.45, 2.75) is 90.0 Å². The van der Waals surface area contributed by atoms with E-state index in [9.17, 15) is 9.90 Å². The van der Waals surface area contributed by atoms with E-state index in [-0.39, 0.29) is 34.7 Å². The Hall–Kier alpha value is -1.01. The minimum Gasteiger partial charge on any atom is -0.393 e. The van der Waals surface area contributed by atoms with Crippen molar-refractivity contribution >= 4 is 11.5 Å². The fourth-order valence-corrected chi connectivity index (χ4v) is 7.98. The number of nitrogens with one attached hydrogen (secondary N) is 1. The number of halogens is 1. The van der Waals surface area contributed by atoms with E-state index in [1.54, 1.807) is 0 Å².